The third kappa shape index (κ3) is 3.74. The molecule has 0 aromatic heterocycles. The molecule has 0 atom stereocenters. The molecule has 0 N–H and O–H groups in total. The molecule has 118 valence electrons. The maximum atomic E-state index is 12.2. The van der Waals surface area contributed by atoms with Crippen molar-refractivity contribution in [1.29, 1.82) is 5.26 Å². The van der Waals surface area contributed by atoms with Gasteiger partial charge in [0.05, 0.1) is 36.4 Å². The molecule has 0 fully saturated rings. The SMILES string of the molecule is COc1cc(C(=O)OCc2ccccc2C#N)cc(Cl)c1OC. The van der Waals surface area contributed by atoms with Gasteiger partial charge < -0.3 is 14.2 Å². The van der Waals surface area contributed by atoms with Gasteiger partial charge in [-0.25, -0.2) is 4.79 Å². The lowest BCUT2D eigenvalue weighted by Crippen LogP contribution is -2.07. The fourth-order valence-electron chi connectivity index (χ4n) is 2.02. The summed E-state index contributed by atoms with van der Waals surface area (Å²) in [4.78, 5) is 12.2. The van der Waals surface area contributed by atoms with E-state index in [2.05, 4.69) is 6.07 Å². The van der Waals surface area contributed by atoms with Gasteiger partial charge in [0, 0.05) is 5.56 Å². The van der Waals surface area contributed by atoms with Crippen LogP contribution in [0.5, 0.6) is 11.5 Å². The summed E-state index contributed by atoms with van der Waals surface area (Å²) >= 11 is 6.07. The van der Waals surface area contributed by atoms with Gasteiger partial charge in [-0.15, -0.1) is 0 Å². The molecule has 0 aliphatic rings. The van der Waals surface area contributed by atoms with Gasteiger partial charge in [0.15, 0.2) is 11.5 Å². The molecule has 0 aliphatic heterocycles. The van der Waals surface area contributed by atoms with Crippen LogP contribution in [0.15, 0.2) is 36.4 Å². The molecule has 0 saturated carbocycles. The van der Waals surface area contributed by atoms with Gasteiger partial charge in [0.2, 0.25) is 0 Å². The molecule has 0 unspecified atom stereocenters. The number of benzene rings is 2. The van der Waals surface area contributed by atoms with E-state index in [1.807, 2.05) is 0 Å². The number of carbonyl (C=O) groups excluding carboxylic acids is 1. The van der Waals surface area contributed by atoms with Crippen LogP contribution >= 0.6 is 11.6 Å². The number of halogens is 1. The predicted molar refractivity (Wildman–Crippen MR) is 84.8 cm³/mol. The molecule has 6 heteroatoms. The molecular weight excluding hydrogens is 318 g/mol. The fourth-order valence-corrected chi connectivity index (χ4v) is 2.31. The average molecular weight is 332 g/mol. The van der Waals surface area contributed by atoms with Gasteiger partial charge >= 0.3 is 5.97 Å². The van der Waals surface area contributed by atoms with Crippen molar-refractivity contribution in [3.63, 3.8) is 0 Å². The number of nitriles is 1. The van der Waals surface area contributed by atoms with Crippen LogP contribution < -0.4 is 9.47 Å². The summed E-state index contributed by atoms with van der Waals surface area (Å²) in [5.74, 6) is 0.116. The third-order valence-corrected chi connectivity index (χ3v) is 3.45. The number of hydrogen-bond donors (Lipinski definition) is 0. The Hall–Kier alpha value is -2.71. The largest absolute Gasteiger partial charge is 0.493 e. The Morgan fingerprint density at radius 3 is 2.61 bits per heavy atom. The number of rotatable bonds is 5. The summed E-state index contributed by atoms with van der Waals surface area (Å²) < 4.78 is 15.5. The minimum atomic E-state index is -0.569. The molecule has 2 rings (SSSR count). The van der Waals surface area contributed by atoms with Crippen LogP contribution in [0, 0.1) is 11.3 Å². The van der Waals surface area contributed by atoms with Gasteiger partial charge in [0.25, 0.3) is 0 Å². The first-order chi connectivity index (χ1) is 11.1. The molecule has 0 bridgehead atoms. The van der Waals surface area contributed by atoms with Crippen molar-refractivity contribution in [2.75, 3.05) is 14.2 Å². The van der Waals surface area contributed by atoms with Gasteiger partial charge in [0.1, 0.15) is 6.61 Å². The number of ether oxygens (including phenoxy) is 3. The summed E-state index contributed by atoms with van der Waals surface area (Å²) in [6, 6.07) is 11.9. The normalized spacial score (nSPS) is 9.83. The highest BCUT2D eigenvalue weighted by Gasteiger charge is 2.16. The van der Waals surface area contributed by atoms with Crippen LogP contribution in [0.3, 0.4) is 0 Å². The maximum absolute atomic E-state index is 12.2. The Kier molecular flexibility index (Phi) is 5.45. The van der Waals surface area contributed by atoms with Crippen molar-refractivity contribution in [2.24, 2.45) is 0 Å². The zero-order chi connectivity index (χ0) is 16.8. The van der Waals surface area contributed by atoms with E-state index in [0.717, 1.165) is 0 Å². The van der Waals surface area contributed by atoms with E-state index in [-0.39, 0.29) is 17.2 Å². The van der Waals surface area contributed by atoms with E-state index >= 15 is 0 Å². The van der Waals surface area contributed by atoms with Crippen molar-refractivity contribution in [1.82, 2.24) is 0 Å². The molecule has 2 aromatic carbocycles. The van der Waals surface area contributed by atoms with Crippen LogP contribution in [0.2, 0.25) is 5.02 Å². The second kappa shape index (κ2) is 7.52. The smallest absolute Gasteiger partial charge is 0.338 e. The highest BCUT2D eigenvalue weighted by molar-refractivity contribution is 6.32. The first kappa shape index (κ1) is 16.7. The quantitative estimate of drug-likeness (QED) is 0.783. The van der Waals surface area contributed by atoms with Crippen LogP contribution in [0.25, 0.3) is 0 Å². The van der Waals surface area contributed by atoms with E-state index in [1.54, 1.807) is 24.3 Å². The number of hydrogen-bond acceptors (Lipinski definition) is 5. The van der Waals surface area contributed by atoms with E-state index in [4.69, 9.17) is 31.1 Å². The summed E-state index contributed by atoms with van der Waals surface area (Å²) in [5.41, 5.74) is 1.34. The molecule has 2 aromatic rings. The molecule has 0 radical (unpaired) electrons. The molecule has 0 heterocycles. The zero-order valence-electron chi connectivity index (χ0n) is 12.6. The van der Waals surface area contributed by atoms with Gasteiger partial charge in [-0.1, -0.05) is 29.8 Å². The molecule has 5 nitrogen and oxygen atoms in total. The molecular formula is C17H14ClNO4. The first-order valence-electron chi connectivity index (χ1n) is 6.67. The Bertz CT molecular complexity index is 768. The van der Waals surface area contributed by atoms with E-state index in [9.17, 15) is 4.79 Å². The molecule has 0 amide bonds. The van der Waals surface area contributed by atoms with Gasteiger partial charge in [-0.2, -0.15) is 5.26 Å². The van der Waals surface area contributed by atoms with E-state index in [1.165, 1.54) is 26.4 Å². The molecule has 23 heavy (non-hydrogen) atoms. The summed E-state index contributed by atoms with van der Waals surface area (Å²) in [7, 11) is 2.91. The van der Waals surface area contributed by atoms with E-state index in [0.29, 0.717) is 22.6 Å². The monoisotopic (exact) mass is 331 g/mol. The summed E-state index contributed by atoms with van der Waals surface area (Å²) in [6.45, 7) is -0.00543. The summed E-state index contributed by atoms with van der Waals surface area (Å²) in [6.07, 6.45) is 0. The lowest BCUT2D eigenvalue weighted by atomic mass is 10.1. The Labute approximate surface area is 139 Å². The number of nitrogens with zero attached hydrogens (tertiary/aromatic N) is 1. The van der Waals surface area contributed by atoms with Crippen molar-refractivity contribution < 1.29 is 19.0 Å². The third-order valence-electron chi connectivity index (χ3n) is 3.17. The lowest BCUT2D eigenvalue weighted by Gasteiger charge is -2.12. The highest BCUT2D eigenvalue weighted by Crippen LogP contribution is 2.36. The second-order valence-electron chi connectivity index (χ2n) is 4.54. The van der Waals surface area contributed by atoms with Crippen LogP contribution in [-0.2, 0) is 11.3 Å². The molecule has 0 aliphatic carbocycles. The lowest BCUT2D eigenvalue weighted by molar-refractivity contribution is 0.0472. The minimum Gasteiger partial charge on any atom is -0.493 e. The van der Waals surface area contributed by atoms with Crippen LogP contribution in [-0.4, -0.2) is 20.2 Å². The minimum absolute atomic E-state index is 0.00543. The van der Waals surface area contributed by atoms with Crippen molar-refractivity contribution >= 4 is 17.6 Å². The van der Waals surface area contributed by atoms with Crippen molar-refractivity contribution in [3.05, 3.63) is 58.1 Å². The van der Waals surface area contributed by atoms with Gasteiger partial charge in [-0.05, 0) is 18.2 Å². The predicted octanol–water partition coefficient (Wildman–Crippen LogP) is 3.59. The Morgan fingerprint density at radius 1 is 1.22 bits per heavy atom. The summed E-state index contributed by atoms with van der Waals surface area (Å²) in [5, 5.41) is 9.27. The average Bonchev–Trinajstić information content (AvgIpc) is 2.58. The number of esters is 1. The Balaban J connectivity index is 2.18. The van der Waals surface area contributed by atoms with Crippen LogP contribution in [0.1, 0.15) is 21.5 Å². The number of carbonyl (C=O) groups is 1. The van der Waals surface area contributed by atoms with Crippen molar-refractivity contribution in [2.45, 2.75) is 6.61 Å². The first-order valence-corrected chi connectivity index (χ1v) is 7.05. The second-order valence-corrected chi connectivity index (χ2v) is 4.95. The van der Waals surface area contributed by atoms with Crippen LogP contribution in [0.4, 0.5) is 0 Å². The van der Waals surface area contributed by atoms with Crippen molar-refractivity contribution in [3.8, 4) is 17.6 Å². The topological polar surface area (TPSA) is 68.5 Å². The fraction of sp³-hybridized carbons (Fsp3) is 0.176. The maximum Gasteiger partial charge on any atom is 0.338 e. The zero-order valence-corrected chi connectivity index (χ0v) is 13.4. The molecule has 0 spiro atoms. The van der Waals surface area contributed by atoms with Gasteiger partial charge in [-0.3, -0.25) is 0 Å². The number of methoxy groups -OCH3 is 2. The highest BCUT2D eigenvalue weighted by atomic mass is 35.5. The van der Waals surface area contributed by atoms with E-state index < -0.39 is 5.97 Å². The standard InChI is InChI=1S/C17H14ClNO4/c1-21-15-8-13(7-14(18)16(15)22-2)17(20)23-10-12-6-4-3-5-11(12)9-19/h3-8H,10H2,1-2H3. The molecule has 0 saturated heterocycles. The Morgan fingerprint density at radius 2 is 1.96 bits per heavy atom.